The summed E-state index contributed by atoms with van der Waals surface area (Å²) >= 11 is 0. The van der Waals surface area contributed by atoms with Gasteiger partial charge < -0.3 is 15.0 Å². The summed E-state index contributed by atoms with van der Waals surface area (Å²) in [7, 11) is 1.90. The Labute approximate surface area is 128 Å². The lowest BCUT2D eigenvalue weighted by molar-refractivity contribution is 0.0186. The molecule has 4 heteroatoms. The minimum atomic E-state index is -0.479. The first kappa shape index (κ1) is 17.3. The number of carbonyl (C=O) groups is 1. The minimum absolute atomic E-state index is 0.0300. The molecule has 1 aromatic rings. The van der Waals surface area contributed by atoms with Crippen molar-refractivity contribution in [3.05, 3.63) is 29.3 Å². The molecule has 1 aromatic carbocycles. The van der Waals surface area contributed by atoms with Gasteiger partial charge in [0.2, 0.25) is 0 Å². The van der Waals surface area contributed by atoms with E-state index in [4.69, 9.17) is 4.74 Å². The van der Waals surface area contributed by atoms with Crippen molar-refractivity contribution in [3.8, 4) is 0 Å². The van der Waals surface area contributed by atoms with Crippen LogP contribution in [0.1, 0.15) is 51.8 Å². The SMILES string of the molecule is CCN(C(=O)OC(C)(C)C)[C@@H](C)c1ccc(C)c(NC)c1. The molecule has 0 aliphatic rings. The molecular weight excluding hydrogens is 264 g/mol. The molecule has 0 aliphatic heterocycles. The second-order valence-corrected chi connectivity index (χ2v) is 6.27. The largest absolute Gasteiger partial charge is 0.444 e. The van der Waals surface area contributed by atoms with Gasteiger partial charge in [-0.25, -0.2) is 4.79 Å². The van der Waals surface area contributed by atoms with Crippen LogP contribution in [-0.4, -0.2) is 30.2 Å². The van der Waals surface area contributed by atoms with Gasteiger partial charge >= 0.3 is 6.09 Å². The molecule has 0 saturated carbocycles. The fourth-order valence-electron chi connectivity index (χ4n) is 2.23. The van der Waals surface area contributed by atoms with E-state index in [1.807, 2.05) is 41.7 Å². The summed E-state index contributed by atoms with van der Waals surface area (Å²) in [6, 6.07) is 6.19. The van der Waals surface area contributed by atoms with E-state index in [2.05, 4.69) is 30.4 Å². The zero-order valence-corrected chi connectivity index (χ0v) is 14.3. The molecule has 0 saturated heterocycles. The molecule has 1 N–H and O–H groups in total. The van der Waals surface area contributed by atoms with Crippen LogP contribution in [0.4, 0.5) is 10.5 Å². The van der Waals surface area contributed by atoms with Crippen molar-refractivity contribution in [2.45, 2.75) is 53.2 Å². The third-order valence-electron chi connectivity index (χ3n) is 3.45. The lowest BCUT2D eigenvalue weighted by Crippen LogP contribution is -2.38. The molecule has 0 aliphatic carbocycles. The number of carbonyl (C=O) groups excluding carboxylic acids is 1. The van der Waals surface area contributed by atoms with Crippen LogP contribution in [0.25, 0.3) is 0 Å². The summed E-state index contributed by atoms with van der Waals surface area (Å²) < 4.78 is 5.49. The van der Waals surface area contributed by atoms with Gasteiger partial charge in [-0.15, -0.1) is 0 Å². The van der Waals surface area contributed by atoms with Gasteiger partial charge in [-0.3, -0.25) is 0 Å². The van der Waals surface area contributed by atoms with E-state index in [9.17, 15) is 4.79 Å². The normalized spacial score (nSPS) is 12.7. The van der Waals surface area contributed by atoms with E-state index >= 15 is 0 Å². The van der Waals surface area contributed by atoms with Gasteiger partial charge in [-0.05, 0) is 58.7 Å². The number of nitrogens with one attached hydrogen (secondary N) is 1. The highest BCUT2D eigenvalue weighted by Crippen LogP contribution is 2.26. The minimum Gasteiger partial charge on any atom is -0.444 e. The molecule has 0 bridgehead atoms. The maximum atomic E-state index is 12.3. The summed E-state index contributed by atoms with van der Waals surface area (Å²) in [5.41, 5.74) is 2.89. The molecule has 118 valence electrons. The molecule has 0 unspecified atom stereocenters. The summed E-state index contributed by atoms with van der Waals surface area (Å²) in [5, 5.41) is 3.18. The molecule has 0 spiro atoms. The number of hydrogen-bond donors (Lipinski definition) is 1. The lowest BCUT2D eigenvalue weighted by Gasteiger charge is -2.31. The average Bonchev–Trinajstić information content (AvgIpc) is 2.37. The molecule has 1 atom stereocenters. The monoisotopic (exact) mass is 292 g/mol. The van der Waals surface area contributed by atoms with Crippen molar-refractivity contribution >= 4 is 11.8 Å². The van der Waals surface area contributed by atoms with E-state index in [1.165, 1.54) is 5.56 Å². The predicted octanol–water partition coefficient (Wildman–Crippen LogP) is 4.35. The lowest BCUT2D eigenvalue weighted by atomic mass is 10.0. The summed E-state index contributed by atoms with van der Waals surface area (Å²) in [4.78, 5) is 14.1. The van der Waals surface area contributed by atoms with Crippen LogP contribution in [0, 0.1) is 6.92 Å². The zero-order valence-electron chi connectivity index (χ0n) is 14.3. The topological polar surface area (TPSA) is 41.6 Å². The van der Waals surface area contributed by atoms with Crippen LogP contribution in [0.5, 0.6) is 0 Å². The molecule has 0 aromatic heterocycles. The van der Waals surface area contributed by atoms with Crippen LogP contribution in [0.15, 0.2) is 18.2 Å². The average molecular weight is 292 g/mol. The Hall–Kier alpha value is -1.71. The number of hydrogen-bond acceptors (Lipinski definition) is 3. The van der Waals surface area contributed by atoms with Crippen molar-refractivity contribution in [2.24, 2.45) is 0 Å². The summed E-state index contributed by atoms with van der Waals surface area (Å²) in [5.74, 6) is 0. The predicted molar refractivity (Wildman–Crippen MR) is 87.8 cm³/mol. The third kappa shape index (κ3) is 4.66. The first-order valence-electron chi connectivity index (χ1n) is 7.47. The maximum Gasteiger partial charge on any atom is 0.410 e. The Kier molecular flexibility index (Phi) is 5.64. The Bertz CT molecular complexity index is 492. The molecule has 1 rings (SSSR count). The van der Waals surface area contributed by atoms with Crippen LogP contribution < -0.4 is 5.32 Å². The van der Waals surface area contributed by atoms with Crippen molar-refractivity contribution in [3.63, 3.8) is 0 Å². The van der Waals surface area contributed by atoms with E-state index in [-0.39, 0.29) is 12.1 Å². The van der Waals surface area contributed by atoms with E-state index < -0.39 is 5.60 Å². The second-order valence-electron chi connectivity index (χ2n) is 6.27. The van der Waals surface area contributed by atoms with Gasteiger partial charge in [0.15, 0.2) is 0 Å². The highest BCUT2D eigenvalue weighted by molar-refractivity contribution is 5.69. The number of anilines is 1. The first-order chi connectivity index (χ1) is 9.69. The summed E-state index contributed by atoms with van der Waals surface area (Å²) in [6.45, 7) is 12.3. The number of rotatable bonds is 4. The van der Waals surface area contributed by atoms with Gasteiger partial charge in [0.05, 0.1) is 6.04 Å². The third-order valence-corrected chi connectivity index (χ3v) is 3.45. The standard InChI is InChI=1S/C17H28N2O2/c1-8-19(16(20)21-17(4,5)6)13(3)14-10-9-12(2)15(11-14)18-7/h9-11,13,18H,8H2,1-7H3/t13-/m0/s1. The highest BCUT2D eigenvalue weighted by atomic mass is 16.6. The van der Waals surface area contributed by atoms with Crippen molar-refractivity contribution < 1.29 is 9.53 Å². The Morgan fingerprint density at radius 3 is 2.48 bits per heavy atom. The van der Waals surface area contributed by atoms with Gasteiger partial charge in [-0.2, -0.15) is 0 Å². The Morgan fingerprint density at radius 1 is 1.38 bits per heavy atom. The van der Waals surface area contributed by atoms with Crippen LogP contribution >= 0.6 is 0 Å². The van der Waals surface area contributed by atoms with Crippen molar-refractivity contribution in [2.75, 3.05) is 18.9 Å². The maximum absolute atomic E-state index is 12.3. The van der Waals surface area contributed by atoms with E-state index in [0.717, 1.165) is 11.3 Å². The molecule has 4 nitrogen and oxygen atoms in total. The van der Waals surface area contributed by atoms with Crippen LogP contribution in [0.3, 0.4) is 0 Å². The molecule has 0 heterocycles. The van der Waals surface area contributed by atoms with Crippen molar-refractivity contribution in [1.29, 1.82) is 0 Å². The van der Waals surface area contributed by atoms with Crippen LogP contribution in [0.2, 0.25) is 0 Å². The molecule has 0 fully saturated rings. The molecule has 1 amide bonds. The van der Waals surface area contributed by atoms with Gasteiger partial charge in [0.1, 0.15) is 5.60 Å². The number of benzene rings is 1. The molecular formula is C17H28N2O2. The Morgan fingerprint density at radius 2 is 2.00 bits per heavy atom. The number of nitrogens with zero attached hydrogens (tertiary/aromatic N) is 1. The number of ether oxygens (including phenoxy) is 1. The van der Waals surface area contributed by atoms with Crippen molar-refractivity contribution in [1.82, 2.24) is 4.90 Å². The Balaban J connectivity index is 2.98. The van der Waals surface area contributed by atoms with Crippen LogP contribution in [-0.2, 0) is 4.74 Å². The van der Waals surface area contributed by atoms with Gasteiger partial charge in [-0.1, -0.05) is 12.1 Å². The second kappa shape index (κ2) is 6.83. The fraction of sp³-hybridized carbons (Fsp3) is 0.588. The number of aryl methyl sites for hydroxylation is 1. The zero-order chi connectivity index (χ0) is 16.2. The van der Waals surface area contributed by atoms with Gasteiger partial charge in [0, 0.05) is 19.3 Å². The highest BCUT2D eigenvalue weighted by Gasteiger charge is 2.25. The van der Waals surface area contributed by atoms with Gasteiger partial charge in [0.25, 0.3) is 0 Å². The van der Waals surface area contributed by atoms with E-state index in [1.54, 1.807) is 4.90 Å². The molecule has 21 heavy (non-hydrogen) atoms. The quantitative estimate of drug-likeness (QED) is 0.896. The fourth-order valence-corrected chi connectivity index (χ4v) is 2.23. The smallest absolute Gasteiger partial charge is 0.410 e. The molecule has 0 radical (unpaired) electrons. The first-order valence-corrected chi connectivity index (χ1v) is 7.47. The number of amides is 1. The van der Waals surface area contributed by atoms with E-state index in [0.29, 0.717) is 6.54 Å². The summed E-state index contributed by atoms with van der Waals surface area (Å²) in [6.07, 6.45) is -0.274.